The average Bonchev–Trinajstić information content (AvgIpc) is 2.15. The van der Waals surface area contributed by atoms with Gasteiger partial charge in [-0.05, 0) is 17.6 Å². The van der Waals surface area contributed by atoms with Gasteiger partial charge in [0.2, 0.25) is 5.91 Å². The van der Waals surface area contributed by atoms with Gasteiger partial charge in [0.05, 0.1) is 5.75 Å². The Labute approximate surface area is 86.3 Å². The molecule has 0 aliphatic heterocycles. The van der Waals surface area contributed by atoms with Gasteiger partial charge in [-0.3, -0.25) is 4.79 Å². The molecule has 0 saturated heterocycles. The van der Waals surface area contributed by atoms with Gasteiger partial charge in [0.15, 0.2) is 0 Å². The van der Waals surface area contributed by atoms with Crippen LogP contribution in [-0.4, -0.2) is 28.8 Å². The highest BCUT2D eigenvalue weighted by Crippen LogP contribution is 2.15. The number of hydrogen-bond donors (Lipinski definition) is 3. The molecule has 0 radical (unpaired) electrons. The summed E-state index contributed by atoms with van der Waals surface area (Å²) in [6, 6.07) is 6.60. The Hall–Kier alpha value is -0.975. The van der Waals surface area contributed by atoms with Gasteiger partial charge >= 0.3 is 7.12 Å². The van der Waals surface area contributed by atoms with Gasteiger partial charge in [0, 0.05) is 4.90 Å². The fourth-order valence-corrected chi connectivity index (χ4v) is 1.53. The normalized spacial score (nSPS) is 9.86. The predicted octanol–water partition coefficient (Wildman–Crippen LogP) is -1.06. The number of rotatable bonds is 4. The molecule has 1 aromatic rings. The van der Waals surface area contributed by atoms with Crippen LogP contribution in [0.4, 0.5) is 0 Å². The third-order valence-corrected chi connectivity index (χ3v) is 2.59. The molecule has 74 valence electrons. The Balaban J connectivity index is 2.59. The molecule has 14 heavy (non-hydrogen) atoms. The summed E-state index contributed by atoms with van der Waals surface area (Å²) in [6.45, 7) is 0. The van der Waals surface area contributed by atoms with Gasteiger partial charge in [-0.2, -0.15) is 0 Å². The van der Waals surface area contributed by atoms with E-state index in [1.807, 2.05) is 0 Å². The van der Waals surface area contributed by atoms with Gasteiger partial charge < -0.3 is 15.8 Å². The number of primary amides is 1. The number of benzene rings is 1. The number of nitrogens with two attached hydrogens (primary N) is 1. The van der Waals surface area contributed by atoms with E-state index in [2.05, 4.69) is 0 Å². The fraction of sp³-hybridized carbons (Fsp3) is 0.125. The lowest BCUT2D eigenvalue weighted by atomic mass is 9.81. The van der Waals surface area contributed by atoms with Crippen molar-refractivity contribution in [3.8, 4) is 0 Å². The maximum absolute atomic E-state index is 10.5. The van der Waals surface area contributed by atoms with Crippen molar-refractivity contribution in [3.05, 3.63) is 24.3 Å². The van der Waals surface area contributed by atoms with Crippen LogP contribution in [0.1, 0.15) is 0 Å². The third-order valence-electron chi connectivity index (χ3n) is 1.56. The Kier molecular flexibility index (Phi) is 4.00. The van der Waals surface area contributed by atoms with Crippen LogP contribution in [-0.2, 0) is 4.79 Å². The predicted molar refractivity (Wildman–Crippen MR) is 56.2 cm³/mol. The van der Waals surface area contributed by atoms with Crippen molar-refractivity contribution in [1.29, 1.82) is 0 Å². The van der Waals surface area contributed by atoms with E-state index in [9.17, 15) is 4.79 Å². The number of thioether (sulfide) groups is 1. The standard InChI is InChI=1S/C8H10BNO3S/c10-8(11)5-14-7-3-1-6(2-4-7)9(12)13/h1-4,12-13H,5H2,(H2,10,11). The van der Waals surface area contributed by atoms with Gasteiger partial charge in [0.1, 0.15) is 0 Å². The smallest absolute Gasteiger partial charge is 0.423 e. The molecule has 0 fully saturated rings. The summed E-state index contributed by atoms with van der Waals surface area (Å²) < 4.78 is 0. The van der Waals surface area contributed by atoms with Crippen molar-refractivity contribution in [2.24, 2.45) is 5.73 Å². The molecule has 0 atom stereocenters. The van der Waals surface area contributed by atoms with Crippen molar-refractivity contribution in [3.63, 3.8) is 0 Å². The number of amides is 1. The largest absolute Gasteiger partial charge is 0.488 e. The quantitative estimate of drug-likeness (QED) is 0.438. The molecule has 1 amide bonds. The number of carbonyl (C=O) groups is 1. The topological polar surface area (TPSA) is 83.6 Å². The van der Waals surface area contributed by atoms with Crippen molar-refractivity contribution in [2.75, 3.05) is 5.75 Å². The highest BCUT2D eigenvalue weighted by molar-refractivity contribution is 8.00. The molecule has 0 aromatic heterocycles. The Morgan fingerprint density at radius 1 is 1.36 bits per heavy atom. The zero-order valence-corrected chi connectivity index (χ0v) is 8.20. The van der Waals surface area contributed by atoms with Gasteiger partial charge in [-0.25, -0.2) is 0 Å². The second-order valence-corrected chi connectivity index (χ2v) is 3.75. The van der Waals surface area contributed by atoms with Crippen LogP contribution >= 0.6 is 11.8 Å². The molecule has 0 aliphatic rings. The van der Waals surface area contributed by atoms with Crippen LogP contribution in [0.5, 0.6) is 0 Å². The molecular weight excluding hydrogens is 201 g/mol. The summed E-state index contributed by atoms with van der Waals surface area (Å²) in [7, 11) is -1.45. The molecule has 0 heterocycles. The SMILES string of the molecule is NC(=O)CSc1ccc(B(O)O)cc1. The van der Waals surface area contributed by atoms with E-state index in [1.54, 1.807) is 24.3 Å². The number of carbonyl (C=O) groups excluding carboxylic acids is 1. The summed E-state index contributed by atoms with van der Waals surface area (Å²) in [5.41, 5.74) is 5.40. The maximum Gasteiger partial charge on any atom is 0.488 e. The molecule has 4 nitrogen and oxygen atoms in total. The van der Waals surface area contributed by atoms with Crippen molar-refractivity contribution in [1.82, 2.24) is 0 Å². The monoisotopic (exact) mass is 211 g/mol. The summed E-state index contributed by atoms with van der Waals surface area (Å²) in [4.78, 5) is 11.3. The molecule has 6 heteroatoms. The van der Waals surface area contributed by atoms with E-state index in [1.165, 1.54) is 11.8 Å². The molecule has 0 spiro atoms. The Bertz CT molecular complexity index is 315. The van der Waals surface area contributed by atoms with E-state index in [4.69, 9.17) is 15.8 Å². The first-order valence-corrected chi connectivity index (χ1v) is 4.95. The van der Waals surface area contributed by atoms with Crippen LogP contribution in [0.3, 0.4) is 0 Å². The van der Waals surface area contributed by atoms with Crippen molar-refractivity contribution >= 4 is 30.3 Å². The average molecular weight is 211 g/mol. The van der Waals surface area contributed by atoms with Gasteiger partial charge in [-0.1, -0.05) is 12.1 Å². The van der Waals surface area contributed by atoms with Crippen LogP contribution in [0.15, 0.2) is 29.2 Å². The molecular formula is C8H10BNO3S. The minimum Gasteiger partial charge on any atom is -0.423 e. The van der Waals surface area contributed by atoms with Crippen molar-refractivity contribution in [2.45, 2.75) is 4.90 Å². The highest BCUT2D eigenvalue weighted by Gasteiger charge is 2.09. The molecule has 0 aliphatic carbocycles. The zero-order valence-electron chi connectivity index (χ0n) is 7.38. The summed E-state index contributed by atoms with van der Waals surface area (Å²) >= 11 is 1.31. The lowest BCUT2D eigenvalue weighted by Gasteiger charge is -2.01. The molecule has 0 bridgehead atoms. The molecule has 0 unspecified atom stereocenters. The highest BCUT2D eigenvalue weighted by atomic mass is 32.2. The molecule has 0 saturated carbocycles. The van der Waals surface area contributed by atoms with Crippen LogP contribution < -0.4 is 11.2 Å². The zero-order chi connectivity index (χ0) is 10.6. The molecule has 1 aromatic carbocycles. The van der Waals surface area contributed by atoms with Crippen molar-refractivity contribution < 1.29 is 14.8 Å². The minimum absolute atomic E-state index is 0.223. The summed E-state index contributed by atoms with van der Waals surface area (Å²) in [6.07, 6.45) is 0. The first kappa shape index (κ1) is 11.1. The third kappa shape index (κ3) is 3.41. The van der Waals surface area contributed by atoms with E-state index in [0.717, 1.165) is 4.90 Å². The first-order chi connectivity index (χ1) is 6.59. The number of hydrogen-bond acceptors (Lipinski definition) is 4. The second kappa shape index (κ2) is 5.04. The van der Waals surface area contributed by atoms with E-state index in [0.29, 0.717) is 5.46 Å². The summed E-state index contributed by atoms with van der Waals surface area (Å²) in [5.74, 6) is -0.151. The Morgan fingerprint density at radius 3 is 2.36 bits per heavy atom. The molecule has 1 rings (SSSR count). The lowest BCUT2D eigenvalue weighted by molar-refractivity contribution is -0.115. The fourth-order valence-electron chi connectivity index (χ4n) is 0.891. The first-order valence-electron chi connectivity index (χ1n) is 3.97. The van der Waals surface area contributed by atoms with Crippen LogP contribution in [0.25, 0.3) is 0 Å². The second-order valence-electron chi connectivity index (χ2n) is 2.70. The van der Waals surface area contributed by atoms with E-state index >= 15 is 0 Å². The van der Waals surface area contributed by atoms with Crippen LogP contribution in [0.2, 0.25) is 0 Å². The molecule has 4 N–H and O–H groups in total. The minimum atomic E-state index is -1.45. The maximum atomic E-state index is 10.5. The van der Waals surface area contributed by atoms with Gasteiger partial charge in [0.25, 0.3) is 0 Å². The van der Waals surface area contributed by atoms with E-state index < -0.39 is 7.12 Å². The summed E-state index contributed by atoms with van der Waals surface area (Å²) in [5, 5.41) is 17.6. The van der Waals surface area contributed by atoms with Gasteiger partial charge in [-0.15, -0.1) is 11.8 Å². The van der Waals surface area contributed by atoms with E-state index in [-0.39, 0.29) is 11.7 Å². The Morgan fingerprint density at radius 2 is 1.93 bits per heavy atom. The van der Waals surface area contributed by atoms with Crippen LogP contribution in [0, 0.1) is 0 Å². The lowest BCUT2D eigenvalue weighted by Crippen LogP contribution is -2.29.